The molecule has 0 radical (unpaired) electrons. The molecule has 1 amide bonds. The van der Waals surface area contributed by atoms with Crippen LogP contribution in [0.5, 0.6) is 5.75 Å². The van der Waals surface area contributed by atoms with E-state index in [0.29, 0.717) is 18.0 Å². The van der Waals surface area contributed by atoms with Crippen LogP contribution in [0.2, 0.25) is 0 Å². The van der Waals surface area contributed by atoms with Gasteiger partial charge in [-0.15, -0.1) is 0 Å². The van der Waals surface area contributed by atoms with Crippen molar-refractivity contribution in [2.45, 2.75) is 33.1 Å². The number of nitrogens with one attached hydrogen (secondary N) is 1. The maximum absolute atomic E-state index is 12.0. The van der Waals surface area contributed by atoms with Gasteiger partial charge in [-0.1, -0.05) is 19.9 Å². The van der Waals surface area contributed by atoms with Crippen LogP contribution < -0.4 is 10.1 Å². The molecule has 0 aliphatic carbocycles. The average Bonchev–Trinajstić information content (AvgIpc) is 2.56. The van der Waals surface area contributed by atoms with Crippen LogP contribution in [0.25, 0.3) is 0 Å². The smallest absolute Gasteiger partial charge is 0.251 e. The highest BCUT2D eigenvalue weighted by atomic mass is 16.5. The lowest BCUT2D eigenvalue weighted by Gasteiger charge is -2.16. The summed E-state index contributed by atoms with van der Waals surface area (Å²) in [5, 5.41) is 2.95. The van der Waals surface area contributed by atoms with Crippen LogP contribution in [0.4, 0.5) is 0 Å². The van der Waals surface area contributed by atoms with Crippen LogP contribution in [0, 0.1) is 6.92 Å². The molecule has 0 bridgehead atoms. The molecule has 1 N–H and O–H groups in total. The molecule has 2 rings (SSSR count). The topological polar surface area (TPSA) is 51.2 Å². The summed E-state index contributed by atoms with van der Waals surface area (Å²) in [4.78, 5) is 16.0. The molecule has 0 aliphatic rings. The summed E-state index contributed by atoms with van der Waals surface area (Å²) in [5.41, 5.74) is 4.26. The van der Waals surface area contributed by atoms with Gasteiger partial charge in [-0.2, -0.15) is 0 Å². The van der Waals surface area contributed by atoms with Crippen LogP contribution >= 0.6 is 0 Å². The Morgan fingerprint density at radius 1 is 1.26 bits per heavy atom. The molecule has 4 heteroatoms. The third-order valence-corrected chi connectivity index (χ3v) is 3.93. The monoisotopic (exact) mass is 312 g/mol. The van der Waals surface area contributed by atoms with Crippen molar-refractivity contribution in [3.63, 3.8) is 0 Å². The first-order chi connectivity index (χ1) is 11.0. The Bertz CT molecular complexity index is 667. The van der Waals surface area contributed by atoms with E-state index < -0.39 is 0 Å². The second-order valence-corrected chi connectivity index (χ2v) is 5.92. The van der Waals surface area contributed by atoms with Crippen molar-refractivity contribution in [3.8, 4) is 5.75 Å². The number of hydrogen-bond donors (Lipinski definition) is 1. The van der Waals surface area contributed by atoms with Crippen LogP contribution in [-0.2, 0) is 6.42 Å². The molecule has 122 valence electrons. The highest BCUT2D eigenvalue weighted by molar-refractivity contribution is 5.93. The van der Waals surface area contributed by atoms with Crippen molar-refractivity contribution in [1.29, 1.82) is 0 Å². The number of aromatic nitrogens is 1. The second-order valence-electron chi connectivity index (χ2n) is 5.92. The molecule has 0 unspecified atom stereocenters. The SMILES string of the molecule is COc1cc(C)c(CCNC(=O)c2ccncc2)cc1C(C)C. The number of carbonyl (C=O) groups is 1. The molecule has 0 aliphatic heterocycles. The summed E-state index contributed by atoms with van der Waals surface area (Å²) < 4.78 is 5.47. The van der Waals surface area contributed by atoms with Gasteiger partial charge >= 0.3 is 0 Å². The van der Waals surface area contributed by atoms with Gasteiger partial charge in [0, 0.05) is 24.5 Å². The molecule has 0 saturated carbocycles. The number of rotatable bonds is 6. The van der Waals surface area contributed by atoms with Crippen LogP contribution in [-0.4, -0.2) is 24.5 Å². The highest BCUT2D eigenvalue weighted by Gasteiger charge is 2.11. The number of amides is 1. The largest absolute Gasteiger partial charge is 0.496 e. The van der Waals surface area contributed by atoms with Crippen LogP contribution in [0.15, 0.2) is 36.7 Å². The first-order valence-corrected chi connectivity index (χ1v) is 7.88. The Labute approximate surface area is 137 Å². The lowest BCUT2D eigenvalue weighted by atomic mass is 9.95. The number of benzene rings is 1. The summed E-state index contributed by atoms with van der Waals surface area (Å²) in [6, 6.07) is 7.70. The average molecular weight is 312 g/mol. The number of aryl methyl sites for hydroxylation is 1. The van der Waals surface area contributed by atoms with Crippen LogP contribution in [0.1, 0.15) is 46.8 Å². The normalized spacial score (nSPS) is 10.7. The Morgan fingerprint density at radius 2 is 1.96 bits per heavy atom. The van der Waals surface area contributed by atoms with E-state index in [9.17, 15) is 4.79 Å². The highest BCUT2D eigenvalue weighted by Crippen LogP contribution is 2.29. The van der Waals surface area contributed by atoms with Crippen molar-refractivity contribution in [2.75, 3.05) is 13.7 Å². The van der Waals surface area contributed by atoms with Crippen molar-refractivity contribution < 1.29 is 9.53 Å². The summed E-state index contributed by atoms with van der Waals surface area (Å²) in [5.74, 6) is 1.26. The Balaban J connectivity index is 2.03. The number of hydrogen-bond acceptors (Lipinski definition) is 3. The van der Waals surface area contributed by atoms with Gasteiger partial charge in [-0.25, -0.2) is 0 Å². The van der Waals surface area contributed by atoms with Gasteiger partial charge in [0.25, 0.3) is 5.91 Å². The molecule has 0 saturated heterocycles. The van der Waals surface area contributed by atoms with Crippen molar-refractivity contribution in [3.05, 3.63) is 58.9 Å². The van der Waals surface area contributed by atoms with Gasteiger partial charge in [0.15, 0.2) is 0 Å². The van der Waals surface area contributed by atoms with Gasteiger partial charge in [0.1, 0.15) is 5.75 Å². The first-order valence-electron chi connectivity index (χ1n) is 7.88. The third kappa shape index (κ3) is 4.31. The molecular formula is C19H24N2O2. The fourth-order valence-electron chi connectivity index (χ4n) is 2.56. The lowest BCUT2D eigenvalue weighted by molar-refractivity contribution is 0.0954. The molecule has 4 nitrogen and oxygen atoms in total. The minimum atomic E-state index is -0.0670. The van der Waals surface area contributed by atoms with Gasteiger partial charge in [-0.05, 0) is 54.2 Å². The fraction of sp³-hybridized carbons (Fsp3) is 0.368. The maximum atomic E-state index is 12.0. The van der Waals surface area contributed by atoms with Gasteiger partial charge in [0.05, 0.1) is 7.11 Å². The second kappa shape index (κ2) is 7.77. The van der Waals surface area contributed by atoms with E-state index >= 15 is 0 Å². The van der Waals surface area contributed by atoms with E-state index in [1.54, 1.807) is 31.6 Å². The molecule has 0 spiro atoms. The third-order valence-electron chi connectivity index (χ3n) is 3.93. The zero-order chi connectivity index (χ0) is 16.8. The van der Waals surface area contributed by atoms with E-state index in [1.807, 2.05) is 0 Å². The molecule has 1 aromatic heterocycles. The molecule has 1 heterocycles. The Hall–Kier alpha value is -2.36. The van der Waals surface area contributed by atoms with Crippen molar-refractivity contribution in [1.82, 2.24) is 10.3 Å². The first kappa shape index (κ1) is 17.0. The number of pyridine rings is 1. The predicted molar refractivity (Wildman–Crippen MR) is 92.1 cm³/mol. The molecule has 0 fully saturated rings. The number of carbonyl (C=O) groups excluding carboxylic acids is 1. The molecule has 1 aromatic carbocycles. The van der Waals surface area contributed by atoms with Gasteiger partial charge in [-0.3, -0.25) is 9.78 Å². The summed E-state index contributed by atoms with van der Waals surface area (Å²) in [6.45, 7) is 6.99. The standard InChI is InChI=1S/C19H24N2O2/c1-13(2)17-12-16(14(3)11-18(17)23-4)7-10-21-19(22)15-5-8-20-9-6-15/h5-6,8-9,11-13H,7,10H2,1-4H3,(H,21,22). The van der Waals surface area contributed by atoms with Gasteiger partial charge < -0.3 is 10.1 Å². The molecule has 0 atom stereocenters. The zero-order valence-electron chi connectivity index (χ0n) is 14.2. The number of methoxy groups -OCH3 is 1. The van der Waals surface area contributed by atoms with E-state index in [1.165, 1.54) is 16.7 Å². The fourth-order valence-corrected chi connectivity index (χ4v) is 2.56. The van der Waals surface area contributed by atoms with E-state index in [4.69, 9.17) is 4.74 Å². The number of nitrogens with zero attached hydrogens (tertiary/aromatic N) is 1. The minimum Gasteiger partial charge on any atom is -0.496 e. The van der Waals surface area contributed by atoms with Gasteiger partial charge in [0.2, 0.25) is 0 Å². The Morgan fingerprint density at radius 3 is 2.57 bits per heavy atom. The minimum absolute atomic E-state index is 0.0670. The van der Waals surface area contributed by atoms with Crippen LogP contribution in [0.3, 0.4) is 0 Å². The quantitative estimate of drug-likeness (QED) is 0.888. The summed E-state index contributed by atoms with van der Waals surface area (Å²) >= 11 is 0. The zero-order valence-corrected chi connectivity index (χ0v) is 14.2. The van der Waals surface area contributed by atoms with E-state index in [2.05, 4.69) is 43.2 Å². The van der Waals surface area contributed by atoms with Crippen molar-refractivity contribution in [2.24, 2.45) is 0 Å². The molecule has 23 heavy (non-hydrogen) atoms. The van der Waals surface area contributed by atoms with E-state index in [0.717, 1.165) is 12.2 Å². The number of ether oxygens (including phenoxy) is 1. The summed E-state index contributed by atoms with van der Waals surface area (Å²) in [7, 11) is 1.70. The van der Waals surface area contributed by atoms with Crippen molar-refractivity contribution >= 4 is 5.91 Å². The summed E-state index contributed by atoms with van der Waals surface area (Å²) in [6.07, 6.45) is 4.04. The Kier molecular flexibility index (Phi) is 5.74. The lowest BCUT2D eigenvalue weighted by Crippen LogP contribution is -2.25. The molecule has 2 aromatic rings. The van der Waals surface area contributed by atoms with E-state index in [-0.39, 0.29) is 5.91 Å². The predicted octanol–water partition coefficient (Wildman–Crippen LogP) is 3.49. The molecular weight excluding hydrogens is 288 g/mol. The maximum Gasteiger partial charge on any atom is 0.251 e.